The van der Waals surface area contributed by atoms with Crippen molar-refractivity contribution in [3.8, 4) is 0 Å². The molecule has 0 spiro atoms. The van der Waals surface area contributed by atoms with Gasteiger partial charge in [0, 0.05) is 31.8 Å². The van der Waals surface area contributed by atoms with Crippen LogP contribution in [0.15, 0.2) is 30.3 Å². The first kappa shape index (κ1) is 14.7. The largest absolute Gasteiger partial charge is 0.373 e. The summed E-state index contributed by atoms with van der Waals surface area (Å²) >= 11 is 1.73. The van der Waals surface area contributed by atoms with E-state index in [-0.39, 0.29) is 5.91 Å². The van der Waals surface area contributed by atoms with Crippen molar-refractivity contribution in [1.29, 1.82) is 0 Å². The Bertz CT molecular complexity index is 615. The third-order valence-electron chi connectivity index (χ3n) is 3.17. The van der Waals surface area contributed by atoms with Crippen molar-refractivity contribution < 1.29 is 4.79 Å². The number of fused-ring (bicyclic) bond motifs is 1. The summed E-state index contributed by atoms with van der Waals surface area (Å²) in [6.07, 6.45) is 2.03. The molecule has 0 saturated heterocycles. The lowest BCUT2D eigenvalue weighted by molar-refractivity contribution is 0.0798. The molecule has 1 aromatic heterocycles. The minimum absolute atomic E-state index is 0.0405. The molecule has 0 saturated carbocycles. The highest BCUT2D eigenvalue weighted by atomic mass is 32.2. The lowest BCUT2D eigenvalue weighted by Gasteiger charge is -2.17. The molecule has 0 radical (unpaired) electrons. The zero-order chi connectivity index (χ0) is 14.5. The molecule has 0 aliphatic carbocycles. The van der Waals surface area contributed by atoms with Gasteiger partial charge in [-0.1, -0.05) is 24.3 Å². The van der Waals surface area contributed by atoms with Crippen LogP contribution in [-0.2, 0) is 0 Å². The molecule has 1 heterocycles. The SMILES string of the molecule is CNc1nc(C(=O)N(C)CCSC)cc2ccccc12. The van der Waals surface area contributed by atoms with Crippen LogP contribution in [0.3, 0.4) is 0 Å². The van der Waals surface area contributed by atoms with Crippen molar-refractivity contribution in [2.45, 2.75) is 0 Å². The van der Waals surface area contributed by atoms with Crippen LogP contribution in [0.1, 0.15) is 10.5 Å². The molecule has 0 fully saturated rings. The van der Waals surface area contributed by atoms with E-state index in [2.05, 4.69) is 10.3 Å². The molecule has 0 aliphatic rings. The van der Waals surface area contributed by atoms with Gasteiger partial charge in [-0.2, -0.15) is 11.8 Å². The Hall–Kier alpha value is -1.75. The summed E-state index contributed by atoms with van der Waals surface area (Å²) < 4.78 is 0. The number of nitrogens with zero attached hydrogens (tertiary/aromatic N) is 2. The average molecular weight is 289 g/mol. The fourth-order valence-corrected chi connectivity index (χ4v) is 2.48. The number of hydrogen-bond donors (Lipinski definition) is 1. The highest BCUT2D eigenvalue weighted by Gasteiger charge is 2.15. The summed E-state index contributed by atoms with van der Waals surface area (Å²) in [5, 5.41) is 5.11. The van der Waals surface area contributed by atoms with E-state index in [1.807, 2.05) is 50.7 Å². The number of carbonyl (C=O) groups excluding carboxylic acids is 1. The normalized spacial score (nSPS) is 10.6. The molecule has 1 N–H and O–H groups in total. The summed E-state index contributed by atoms with van der Waals surface area (Å²) in [5.41, 5.74) is 0.483. The standard InChI is InChI=1S/C15H19N3OS/c1-16-14-12-7-5-4-6-11(12)10-13(17-14)15(19)18(2)8-9-20-3/h4-7,10H,8-9H2,1-3H3,(H,16,17). The summed E-state index contributed by atoms with van der Waals surface area (Å²) in [4.78, 5) is 18.5. The van der Waals surface area contributed by atoms with Crippen LogP contribution in [0, 0.1) is 0 Å². The molecule has 1 amide bonds. The van der Waals surface area contributed by atoms with Crippen molar-refractivity contribution in [3.05, 3.63) is 36.0 Å². The molecule has 4 nitrogen and oxygen atoms in total. The minimum atomic E-state index is -0.0405. The summed E-state index contributed by atoms with van der Waals surface area (Å²) in [6.45, 7) is 0.726. The van der Waals surface area contributed by atoms with Crippen LogP contribution in [0.2, 0.25) is 0 Å². The highest BCUT2D eigenvalue weighted by molar-refractivity contribution is 7.98. The molecule has 2 aromatic rings. The van der Waals surface area contributed by atoms with E-state index in [1.54, 1.807) is 16.7 Å². The van der Waals surface area contributed by atoms with Gasteiger partial charge in [0.15, 0.2) is 0 Å². The first-order valence-corrected chi connectivity index (χ1v) is 7.88. The van der Waals surface area contributed by atoms with Gasteiger partial charge >= 0.3 is 0 Å². The van der Waals surface area contributed by atoms with E-state index in [4.69, 9.17) is 0 Å². The molecule has 0 bridgehead atoms. The van der Waals surface area contributed by atoms with Gasteiger partial charge in [-0.15, -0.1) is 0 Å². The molecule has 20 heavy (non-hydrogen) atoms. The van der Waals surface area contributed by atoms with Crippen LogP contribution in [0.25, 0.3) is 10.8 Å². The van der Waals surface area contributed by atoms with Gasteiger partial charge in [-0.05, 0) is 17.7 Å². The zero-order valence-electron chi connectivity index (χ0n) is 12.0. The lowest BCUT2D eigenvalue weighted by atomic mass is 10.1. The Morgan fingerprint density at radius 3 is 2.85 bits per heavy atom. The molecule has 2 rings (SSSR count). The maximum atomic E-state index is 12.4. The average Bonchev–Trinajstić information content (AvgIpc) is 2.50. The number of amides is 1. The topological polar surface area (TPSA) is 45.2 Å². The van der Waals surface area contributed by atoms with Crippen LogP contribution in [0.4, 0.5) is 5.82 Å². The van der Waals surface area contributed by atoms with Crippen LogP contribution in [0.5, 0.6) is 0 Å². The molecule has 0 atom stereocenters. The number of rotatable bonds is 5. The predicted molar refractivity (Wildman–Crippen MR) is 86.6 cm³/mol. The molecular weight excluding hydrogens is 270 g/mol. The van der Waals surface area contributed by atoms with Crippen LogP contribution < -0.4 is 5.32 Å². The number of benzene rings is 1. The van der Waals surface area contributed by atoms with E-state index >= 15 is 0 Å². The van der Waals surface area contributed by atoms with E-state index in [1.165, 1.54) is 0 Å². The van der Waals surface area contributed by atoms with Crippen LogP contribution in [-0.4, -0.2) is 48.4 Å². The van der Waals surface area contributed by atoms with Crippen molar-refractivity contribution in [3.63, 3.8) is 0 Å². The molecule has 1 aromatic carbocycles. The van der Waals surface area contributed by atoms with Gasteiger partial charge in [0.05, 0.1) is 0 Å². The van der Waals surface area contributed by atoms with E-state index in [0.29, 0.717) is 5.69 Å². The Morgan fingerprint density at radius 1 is 1.40 bits per heavy atom. The number of hydrogen-bond acceptors (Lipinski definition) is 4. The summed E-state index contributed by atoms with van der Waals surface area (Å²) in [6, 6.07) is 9.79. The van der Waals surface area contributed by atoms with E-state index in [9.17, 15) is 4.79 Å². The fourth-order valence-electron chi connectivity index (χ4n) is 2.02. The van der Waals surface area contributed by atoms with Gasteiger partial charge in [-0.25, -0.2) is 4.98 Å². The predicted octanol–water partition coefficient (Wildman–Crippen LogP) is 2.71. The third-order valence-corrected chi connectivity index (χ3v) is 3.76. The number of aromatic nitrogens is 1. The molecule has 5 heteroatoms. The zero-order valence-corrected chi connectivity index (χ0v) is 12.8. The van der Waals surface area contributed by atoms with Crippen LogP contribution >= 0.6 is 11.8 Å². The Kier molecular flexibility index (Phi) is 4.84. The fraction of sp³-hybridized carbons (Fsp3) is 0.333. The molecule has 0 unspecified atom stereocenters. The Labute approximate surface area is 123 Å². The smallest absolute Gasteiger partial charge is 0.272 e. The first-order chi connectivity index (χ1) is 9.67. The quantitative estimate of drug-likeness (QED) is 0.919. The van der Waals surface area contributed by atoms with E-state index in [0.717, 1.165) is 28.9 Å². The number of nitrogens with one attached hydrogen (secondary N) is 1. The maximum absolute atomic E-state index is 12.4. The second-order valence-electron chi connectivity index (χ2n) is 4.55. The second-order valence-corrected chi connectivity index (χ2v) is 5.53. The summed E-state index contributed by atoms with van der Waals surface area (Å²) in [5.74, 6) is 1.63. The van der Waals surface area contributed by atoms with Gasteiger partial charge in [0.2, 0.25) is 0 Å². The van der Waals surface area contributed by atoms with Gasteiger partial charge in [0.25, 0.3) is 5.91 Å². The third kappa shape index (κ3) is 3.04. The molecule has 0 aliphatic heterocycles. The second kappa shape index (κ2) is 6.61. The van der Waals surface area contributed by atoms with Crippen molar-refractivity contribution in [1.82, 2.24) is 9.88 Å². The number of pyridine rings is 1. The Balaban J connectivity index is 2.37. The molecule has 106 valence electrons. The van der Waals surface area contributed by atoms with Gasteiger partial charge < -0.3 is 10.2 Å². The number of anilines is 1. The Morgan fingerprint density at radius 2 is 2.15 bits per heavy atom. The summed E-state index contributed by atoms with van der Waals surface area (Å²) in [7, 11) is 3.63. The minimum Gasteiger partial charge on any atom is -0.373 e. The monoisotopic (exact) mass is 289 g/mol. The molecular formula is C15H19N3OS. The van der Waals surface area contributed by atoms with Gasteiger partial charge in [-0.3, -0.25) is 4.79 Å². The highest BCUT2D eigenvalue weighted by Crippen LogP contribution is 2.22. The number of carbonyl (C=O) groups is 1. The first-order valence-electron chi connectivity index (χ1n) is 6.49. The van der Waals surface area contributed by atoms with Crippen molar-refractivity contribution >= 4 is 34.3 Å². The number of thioether (sulfide) groups is 1. The maximum Gasteiger partial charge on any atom is 0.272 e. The van der Waals surface area contributed by atoms with E-state index < -0.39 is 0 Å². The van der Waals surface area contributed by atoms with Crippen molar-refractivity contribution in [2.75, 3.05) is 38.0 Å². The van der Waals surface area contributed by atoms with Gasteiger partial charge in [0.1, 0.15) is 11.5 Å². The lowest BCUT2D eigenvalue weighted by Crippen LogP contribution is -2.29. The van der Waals surface area contributed by atoms with Crippen molar-refractivity contribution in [2.24, 2.45) is 0 Å².